The highest BCUT2D eigenvalue weighted by molar-refractivity contribution is 5.78. The molecule has 1 saturated heterocycles. The van der Waals surface area contributed by atoms with Crippen molar-refractivity contribution in [3.05, 3.63) is 0 Å². The topological polar surface area (TPSA) is 38.8 Å². The zero-order valence-corrected chi connectivity index (χ0v) is 13.9. The lowest BCUT2D eigenvalue weighted by Crippen LogP contribution is -2.45. The van der Waals surface area contributed by atoms with Crippen LogP contribution in [0.4, 0.5) is 0 Å². The minimum Gasteiger partial charge on any atom is -0.344 e. The van der Waals surface area contributed by atoms with Crippen molar-refractivity contribution in [2.24, 2.45) is 5.92 Å². The Morgan fingerprint density at radius 2 is 1.90 bits per heavy atom. The van der Waals surface area contributed by atoms with Gasteiger partial charge >= 0.3 is 0 Å². The van der Waals surface area contributed by atoms with E-state index in [4.69, 9.17) is 0 Å². The number of hydrogen-bond donors (Lipinski definition) is 1. The first-order valence-corrected chi connectivity index (χ1v) is 7.74. The van der Waals surface area contributed by atoms with Gasteiger partial charge in [-0.05, 0) is 47.1 Å². The first-order chi connectivity index (χ1) is 9.45. The molecule has 0 saturated carbocycles. The average Bonchev–Trinajstić information content (AvgIpc) is 2.44. The van der Waals surface area contributed by atoms with Gasteiger partial charge in [0.1, 0.15) is 0 Å². The molecule has 1 aliphatic rings. The first kappa shape index (κ1) is 17.4. The van der Waals surface area contributed by atoms with Crippen LogP contribution in [0, 0.1) is 5.92 Å². The van der Waals surface area contributed by atoms with E-state index < -0.39 is 0 Å². The maximum Gasteiger partial charge on any atom is 0.226 e. The van der Waals surface area contributed by atoms with Gasteiger partial charge in [-0.3, -0.25) is 4.79 Å². The Hall–Kier alpha value is -0.650. The summed E-state index contributed by atoms with van der Waals surface area (Å²) in [7, 11) is 8.17. The smallest absolute Gasteiger partial charge is 0.226 e. The van der Waals surface area contributed by atoms with Crippen molar-refractivity contribution < 1.29 is 4.79 Å². The molecule has 0 bridgehead atoms. The number of carbonyl (C=O) groups excluding carboxylic acids is 1. The van der Waals surface area contributed by atoms with Crippen molar-refractivity contribution in [1.82, 2.24) is 20.0 Å². The van der Waals surface area contributed by atoms with E-state index in [9.17, 15) is 4.79 Å². The molecular formula is C15H32N4O. The molecule has 118 valence electrons. The number of likely N-dealkylation sites (N-methyl/N-ethyl adjacent to an activating group) is 2. The van der Waals surface area contributed by atoms with Crippen LogP contribution in [0.5, 0.6) is 0 Å². The number of amides is 1. The largest absolute Gasteiger partial charge is 0.344 e. The van der Waals surface area contributed by atoms with Gasteiger partial charge in [0.05, 0.1) is 0 Å². The van der Waals surface area contributed by atoms with E-state index in [-0.39, 0.29) is 11.8 Å². The lowest BCUT2D eigenvalue weighted by molar-refractivity contribution is -0.133. The normalized spacial score (nSPS) is 19.3. The zero-order chi connectivity index (χ0) is 15.1. The van der Waals surface area contributed by atoms with Gasteiger partial charge < -0.3 is 20.0 Å². The molecule has 0 radical (unpaired) electrons. The Morgan fingerprint density at radius 3 is 2.45 bits per heavy atom. The highest BCUT2D eigenvalue weighted by Gasteiger charge is 2.22. The van der Waals surface area contributed by atoms with Crippen LogP contribution in [0.2, 0.25) is 0 Å². The molecule has 1 fully saturated rings. The Morgan fingerprint density at radius 1 is 1.30 bits per heavy atom. The predicted octanol–water partition coefficient (Wildman–Crippen LogP) is 0.326. The molecule has 1 amide bonds. The van der Waals surface area contributed by atoms with Crippen LogP contribution in [-0.2, 0) is 4.79 Å². The number of rotatable bonds is 7. The molecule has 0 aliphatic carbocycles. The van der Waals surface area contributed by atoms with Gasteiger partial charge in [0, 0.05) is 38.6 Å². The van der Waals surface area contributed by atoms with Gasteiger partial charge in [-0.2, -0.15) is 0 Å². The molecule has 20 heavy (non-hydrogen) atoms. The Bertz CT molecular complexity index is 290. The van der Waals surface area contributed by atoms with Gasteiger partial charge in [-0.25, -0.2) is 0 Å². The Labute approximate surface area is 124 Å². The number of nitrogens with one attached hydrogen (secondary N) is 1. The lowest BCUT2D eigenvalue weighted by Gasteiger charge is -2.36. The molecule has 0 aromatic carbocycles. The fraction of sp³-hybridized carbons (Fsp3) is 0.933. The third kappa shape index (κ3) is 5.38. The van der Waals surface area contributed by atoms with E-state index in [2.05, 4.69) is 29.2 Å². The quantitative estimate of drug-likeness (QED) is 0.731. The number of piperidine rings is 1. The molecule has 5 heteroatoms. The van der Waals surface area contributed by atoms with Gasteiger partial charge in [-0.1, -0.05) is 6.92 Å². The van der Waals surface area contributed by atoms with E-state index >= 15 is 0 Å². The van der Waals surface area contributed by atoms with Crippen molar-refractivity contribution in [1.29, 1.82) is 0 Å². The first-order valence-electron chi connectivity index (χ1n) is 7.74. The number of hydrogen-bond acceptors (Lipinski definition) is 4. The summed E-state index contributed by atoms with van der Waals surface area (Å²) in [6.45, 7) is 6.87. The molecule has 0 aromatic rings. The summed E-state index contributed by atoms with van der Waals surface area (Å²) in [5, 5.41) is 3.06. The fourth-order valence-electron chi connectivity index (χ4n) is 2.81. The predicted molar refractivity (Wildman–Crippen MR) is 83.9 cm³/mol. The summed E-state index contributed by atoms with van der Waals surface area (Å²) in [5.74, 6) is 0.287. The second kappa shape index (κ2) is 8.60. The molecular weight excluding hydrogens is 252 g/mol. The summed E-state index contributed by atoms with van der Waals surface area (Å²) >= 11 is 0. The molecule has 1 aliphatic heterocycles. The SMILES string of the molecule is CNCC(C)C(=O)N(C)CCN(C)C1CCN(C)CC1. The standard InChI is InChI=1S/C15H32N4O/c1-13(12-16-2)15(20)19(5)11-10-18(4)14-6-8-17(3)9-7-14/h13-14,16H,6-12H2,1-5H3. The van der Waals surface area contributed by atoms with E-state index in [1.54, 1.807) is 0 Å². The van der Waals surface area contributed by atoms with Crippen LogP contribution >= 0.6 is 0 Å². The second-order valence-electron chi connectivity index (χ2n) is 6.23. The lowest BCUT2D eigenvalue weighted by atomic mass is 10.0. The molecule has 1 rings (SSSR count). The molecule has 0 spiro atoms. The maximum atomic E-state index is 12.1. The van der Waals surface area contributed by atoms with Crippen LogP contribution in [0.15, 0.2) is 0 Å². The third-order valence-corrected chi connectivity index (χ3v) is 4.41. The van der Waals surface area contributed by atoms with Crippen molar-refractivity contribution in [3.8, 4) is 0 Å². The van der Waals surface area contributed by atoms with E-state index in [1.165, 1.54) is 25.9 Å². The van der Waals surface area contributed by atoms with Gasteiger partial charge in [0.25, 0.3) is 0 Å². The highest BCUT2D eigenvalue weighted by atomic mass is 16.2. The fourth-order valence-corrected chi connectivity index (χ4v) is 2.81. The summed E-state index contributed by atoms with van der Waals surface area (Å²) < 4.78 is 0. The maximum absolute atomic E-state index is 12.1. The van der Waals surface area contributed by atoms with Gasteiger partial charge in [-0.15, -0.1) is 0 Å². The van der Waals surface area contributed by atoms with E-state index in [0.717, 1.165) is 19.6 Å². The molecule has 1 heterocycles. The highest BCUT2D eigenvalue weighted by Crippen LogP contribution is 2.13. The number of likely N-dealkylation sites (tertiary alicyclic amines) is 1. The average molecular weight is 284 g/mol. The Kier molecular flexibility index (Phi) is 7.48. The van der Waals surface area contributed by atoms with Gasteiger partial charge in [0.15, 0.2) is 0 Å². The van der Waals surface area contributed by atoms with Crippen molar-refractivity contribution >= 4 is 5.91 Å². The molecule has 0 aromatic heterocycles. The van der Waals surface area contributed by atoms with Crippen LogP contribution < -0.4 is 5.32 Å². The van der Waals surface area contributed by atoms with Crippen LogP contribution in [0.1, 0.15) is 19.8 Å². The Balaban J connectivity index is 2.29. The molecule has 5 nitrogen and oxygen atoms in total. The summed E-state index contributed by atoms with van der Waals surface area (Å²) in [5.41, 5.74) is 0. The number of carbonyl (C=O) groups is 1. The molecule has 1 atom stereocenters. The monoisotopic (exact) mass is 284 g/mol. The van der Waals surface area contributed by atoms with Crippen LogP contribution in [0.25, 0.3) is 0 Å². The van der Waals surface area contributed by atoms with Crippen molar-refractivity contribution in [2.75, 3.05) is 60.9 Å². The van der Waals surface area contributed by atoms with Crippen molar-refractivity contribution in [3.63, 3.8) is 0 Å². The van der Waals surface area contributed by atoms with Crippen LogP contribution in [-0.4, -0.2) is 87.6 Å². The zero-order valence-electron chi connectivity index (χ0n) is 13.9. The minimum absolute atomic E-state index is 0.0543. The van der Waals surface area contributed by atoms with Crippen molar-refractivity contribution in [2.45, 2.75) is 25.8 Å². The number of nitrogens with zero attached hydrogens (tertiary/aromatic N) is 3. The summed E-state index contributed by atoms with van der Waals surface area (Å²) in [4.78, 5) is 18.8. The van der Waals surface area contributed by atoms with E-state index in [1.807, 2.05) is 25.9 Å². The minimum atomic E-state index is 0.0543. The van der Waals surface area contributed by atoms with E-state index in [0.29, 0.717) is 6.04 Å². The second-order valence-corrected chi connectivity index (χ2v) is 6.23. The van der Waals surface area contributed by atoms with Gasteiger partial charge in [0.2, 0.25) is 5.91 Å². The summed E-state index contributed by atoms with van der Waals surface area (Å²) in [6, 6.07) is 0.671. The third-order valence-electron chi connectivity index (χ3n) is 4.41. The molecule has 1 N–H and O–H groups in total. The summed E-state index contributed by atoms with van der Waals surface area (Å²) in [6.07, 6.45) is 2.47. The van der Waals surface area contributed by atoms with Crippen LogP contribution in [0.3, 0.4) is 0 Å². The molecule has 1 unspecified atom stereocenters.